The number of ether oxygens (including phenoxy) is 2. The van der Waals surface area contributed by atoms with Gasteiger partial charge >= 0.3 is 19.4 Å². The highest BCUT2D eigenvalue weighted by Gasteiger charge is 2.39. The zero-order chi connectivity index (χ0) is 26.5. The lowest BCUT2D eigenvalue weighted by Gasteiger charge is -2.24. The van der Waals surface area contributed by atoms with Gasteiger partial charge in [-0.1, -0.05) is 15.9 Å². The fourth-order valence-corrected chi connectivity index (χ4v) is 5.09. The molecule has 36 heavy (non-hydrogen) atoms. The highest BCUT2D eigenvalue weighted by molar-refractivity contribution is 9.11. The molecule has 0 bridgehead atoms. The molecule has 1 saturated heterocycles. The molecule has 3 rings (SSSR count). The van der Waals surface area contributed by atoms with Crippen LogP contribution in [0.1, 0.15) is 25.1 Å². The van der Waals surface area contributed by atoms with Crippen LogP contribution in [0.25, 0.3) is 6.08 Å². The van der Waals surface area contributed by atoms with Crippen molar-refractivity contribution in [2.45, 2.75) is 37.8 Å². The van der Waals surface area contributed by atoms with Crippen molar-refractivity contribution in [1.29, 1.82) is 0 Å². The number of nitrogens with zero attached hydrogens (tertiary/aromatic N) is 1. The summed E-state index contributed by atoms with van der Waals surface area (Å²) in [6.45, 7) is 0.900. The number of rotatable bonds is 10. The maximum atomic E-state index is 13.4. The first-order chi connectivity index (χ1) is 17.0. The van der Waals surface area contributed by atoms with Gasteiger partial charge < -0.3 is 19.1 Å². The molecule has 2 aromatic rings. The minimum atomic E-state index is -4.28. The topological polar surface area (TPSA) is 158 Å². The Balaban J connectivity index is 1.76. The first kappa shape index (κ1) is 28.0. The van der Waals surface area contributed by atoms with E-state index in [1.165, 1.54) is 36.3 Å². The van der Waals surface area contributed by atoms with E-state index in [9.17, 15) is 28.4 Å². The fourth-order valence-electron chi connectivity index (χ4n) is 3.30. The molecule has 196 valence electrons. The van der Waals surface area contributed by atoms with Gasteiger partial charge in [0.2, 0.25) is 0 Å². The number of aliphatic hydroxyl groups excluding tert-OH is 1. The quantitative estimate of drug-likeness (QED) is 0.276. The minimum Gasteiger partial charge on any atom is -0.468 e. The van der Waals surface area contributed by atoms with Crippen molar-refractivity contribution >= 4 is 35.7 Å². The van der Waals surface area contributed by atoms with Crippen LogP contribution in [0.2, 0.25) is 0 Å². The fraction of sp³-hybridized carbons (Fsp3) is 0.381. The monoisotopic (exact) mass is 591 g/mol. The number of hydrogen-bond acceptors (Lipinski definition) is 9. The number of esters is 1. The van der Waals surface area contributed by atoms with E-state index in [0.717, 1.165) is 23.8 Å². The summed E-state index contributed by atoms with van der Waals surface area (Å²) in [6, 6.07) is 3.49. The van der Waals surface area contributed by atoms with Crippen molar-refractivity contribution in [3.8, 4) is 5.75 Å². The van der Waals surface area contributed by atoms with Crippen molar-refractivity contribution in [2.24, 2.45) is 0 Å². The maximum absolute atomic E-state index is 13.4. The van der Waals surface area contributed by atoms with E-state index in [1.54, 1.807) is 0 Å². The summed E-state index contributed by atoms with van der Waals surface area (Å²) in [5.41, 5.74) is -1.18. The largest absolute Gasteiger partial charge is 0.468 e. The molecule has 1 aliphatic heterocycles. The van der Waals surface area contributed by atoms with Crippen LogP contribution in [0.15, 0.2) is 45.0 Å². The van der Waals surface area contributed by atoms with Gasteiger partial charge in [-0.05, 0) is 42.3 Å². The SMILES string of the molecule is COC(=O)[C@H](C)NP(=O)(OC[C@H]1O[C@@H](n2cc(/C=C/Br)c(=O)[nH]c2=O)CC1O)Oc1ccc(F)cc1. The van der Waals surface area contributed by atoms with Crippen molar-refractivity contribution in [3.05, 3.63) is 67.7 Å². The Morgan fingerprint density at radius 2 is 2.11 bits per heavy atom. The molecule has 15 heteroatoms. The molecule has 1 aromatic heterocycles. The number of hydrogen-bond donors (Lipinski definition) is 3. The van der Waals surface area contributed by atoms with Crippen molar-refractivity contribution in [3.63, 3.8) is 0 Å². The van der Waals surface area contributed by atoms with Gasteiger partial charge in [0.05, 0.1) is 25.4 Å². The highest BCUT2D eigenvalue weighted by atomic mass is 79.9. The molecule has 0 spiro atoms. The van der Waals surface area contributed by atoms with Crippen LogP contribution < -0.4 is 20.9 Å². The van der Waals surface area contributed by atoms with E-state index >= 15 is 0 Å². The number of halogens is 2. The maximum Gasteiger partial charge on any atom is 0.459 e. The average Bonchev–Trinajstić information content (AvgIpc) is 3.20. The Bertz CT molecular complexity index is 1270. The van der Waals surface area contributed by atoms with Gasteiger partial charge in [-0.2, -0.15) is 5.09 Å². The second kappa shape index (κ2) is 12.1. The number of aliphatic hydroxyl groups is 1. The lowest BCUT2D eigenvalue weighted by Crippen LogP contribution is -2.36. The lowest BCUT2D eigenvalue weighted by molar-refractivity contribution is -0.142. The molecule has 0 radical (unpaired) electrons. The normalized spacial score (nSPS) is 22.3. The number of carbonyl (C=O) groups excluding carboxylic acids is 1. The second-order valence-corrected chi connectivity index (χ2v) is 9.91. The van der Waals surface area contributed by atoms with Crippen LogP contribution in [0.4, 0.5) is 4.39 Å². The molecule has 0 amide bonds. The zero-order valence-electron chi connectivity index (χ0n) is 19.1. The van der Waals surface area contributed by atoms with E-state index in [4.69, 9.17) is 13.8 Å². The summed E-state index contributed by atoms with van der Waals surface area (Å²) in [5, 5.41) is 12.9. The van der Waals surface area contributed by atoms with Crippen molar-refractivity contribution < 1.29 is 37.4 Å². The number of carbonyl (C=O) groups is 1. The summed E-state index contributed by atoms with van der Waals surface area (Å²) in [7, 11) is -3.13. The lowest BCUT2D eigenvalue weighted by atomic mass is 10.2. The highest BCUT2D eigenvalue weighted by Crippen LogP contribution is 2.46. The van der Waals surface area contributed by atoms with Crippen LogP contribution in [0.5, 0.6) is 5.75 Å². The number of methoxy groups -OCH3 is 1. The molecule has 1 aliphatic rings. The van der Waals surface area contributed by atoms with E-state index in [0.29, 0.717) is 0 Å². The minimum absolute atomic E-state index is 0.0118. The van der Waals surface area contributed by atoms with Crippen LogP contribution in [0, 0.1) is 5.82 Å². The molecule has 2 unspecified atom stereocenters. The number of aromatic amines is 1. The smallest absolute Gasteiger partial charge is 0.459 e. The third-order valence-corrected chi connectivity index (χ3v) is 7.01. The Morgan fingerprint density at radius 1 is 1.42 bits per heavy atom. The summed E-state index contributed by atoms with van der Waals surface area (Å²) in [4.78, 5) is 39.6. The van der Waals surface area contributed by atoms with Gasteiger partial charge in [0, 0.05) is 12.6 Å². The first-order valence-electron chi connectivity index (χ1n) is 10.6. The van der Waals surface area contributed by atoms with Crippen LogP contribution >= 0.6 is 23.7 Å². The van der Waals surface area contributed by atoms with Gasteiger partial charge in [-0.15, -0.1) is 0 Å². The average molecular weight is 592 g/mol. The number of H-pyrrole nitrogens is 1. The molecule has 2 heterocycles. The molecule has 1 fully saturated rings. The molecule has 1 aromatic carbocycles. The van der Waals surface area contributed by atoms with Crippen LogP contribution in [-0.2, 0) is 23.4 Å². The van der Waals surface area contributed by atoms with Crippen LogP contribution in [0.3, 0.4) is 0 Å². The number of aromatic nitrogens is 2. The Labute approximate surface area is 212 Å². The predicted octanol–water partition coefficient (Wildman–Crippen LogP) is 2.04. The van der Waals surface area contributed by atoms with Crippen molar-refractivity contribution in [1.82, 2.24) is 14.6 Å². The van der Waals surface area contributed by atoms with Crippen molar-refractivity contribution in [2.75, 3.05) is 13.7 Å². The summed E-state index contributed by atoms with van der Waals surface area (Å²) in [6.07, 6.45) is -0.475. The molecule has 0 aliphatic carbocycles. The summed E-state index contributed by atoms with van der Waals surface area (Å²) < 4.78 is 49.0. The standard InChI is InChI=1S/C21H24BrFN3O9P/c1-12(20(29)32-2)25-36(31,35-15-5-3-14(23)4-6-15)33-11-17-16(27)9-18(34-17)26-10-13(7-8-22)19(28)24-21(26)30/h3-8,10,12,16-18,27H,9,11H2,1-2H3,(H,25,31)(H,24,28,30)/b8-7+/t12-,16?,17+,18+,36?/m0/s1. The summed E-state index contributed by atoms with van der Waals surface area (Å²) >= 11 is 3.06. The number of nitrogens with one attached hydrogen (secondary N) is 2. The van der Waals surface area contributed by atoms with E-state index in [1.807, 2.05) is 0 Å². The van der Waals surface area contributed by atoms with Gasteiger partial charge in [0.25, 0.3) is 5.56 Å². The first-order valence-corrected chi connectivity index (χ1v) is 13.0. The third-order valence-electron chi connectivity index (χ3n) is 5.11. The Hall–Kier alpha value is -2.61. The van der Waals surface area contributed by atoms with E-state index in [-0.39, 0.29) is 17.7 Å². The molecular weight excluding hydrogens is 568 g/mol. The van der Waals surface area contributed by atoms with Gasteiger partial charge in [0.15, 0.2) is 0 Å². The van der Waals surface area contributed by atoms with Gasteiger partial charge in [-0.25, -0.2) is 13.8 Å². The van der Waals surface area contributed by atoms with Crippen LogP contribution in [-0.4, -0.2) is 52.6 Å². The third kappa shape index (κ3) is 6.99. The summed E-state index contributed by atoms with van der Waals surface area (Å²) in [5.74, 6) is -1.30. The van der Waals surface area contributed by atoms with Gasteiger partial charge in [-0.3, -0.25) is 23.7 Å². The zero-order valence-corrected chi connectivity index (χ0v) is 21.6. The van der Waals surface area contributed by atoms with E-state index < -0.39 is 61.9 Å². The molecule has 0 saturated carbocycles. The molecule has 12 nitrogen and oxygen atoms in total. The molecule has 3 N–H and O–H groups in total. The predicted molar refractivity (Wildman–Crippen MR) is 129 cm³/mol. The number of benzene rings is 1. The Morgan fingerprint density at radius 3 is 2.75 bits per heavy atom. The molecular formula is C21H24BrFN3O9P. The van der Waals surface area contributed by atoms with Gasteiger partial charge in [0.1, 0.15) is 29.9 Å². The second-order valence-electron chi connectivity index (χ2n) is 7.69. The Kier molecular flexibility index (Phi) is 9.39. The molecule has 5 atom stereocenters. The van der Waals surface area contributed by atoms with E-state index in [2.05, 4.69) is 30.7 Å².